The number of rotatable bonds is 3. The summed E-state index contributed by atoms with van der Waals surface area (Å²) in [6, 6.07) is 5.41. The minimum absolute atomic E-state index is 0.0313. The second-order valence-electron chi connectivity index (χ2n) is 7.32. The van der Waals surface area contributed by atoms with E-state index in [9.17, 15) is 14.0 Å². The number of carbonyl (C=O) groups is 1. The molecule has 7 heteroatoms. The van der Waals surface area contributed by atoms with Crippen LogP contribution < -0.4 is 10.7 Å². The largest absolute Gasteiger partial charge is 0.348 e. The average molecular weight is 358 g/mol. The first kappa shape index (κ1) is 17.1. The lowest BCUT2D eigenvalue weighted by Gasteiger charge is -2.36. The Morgan fingerprint density at radius 3 is 2.65 bits per heavy atom. The number of aryl methyl sites for hydroxylation is 1. The average Bonchev–Trinajstić information content (AvgIpc) is 2.83. The Hall–Kier alpha value is -2.28. The van der Waals surface area contributed by atoms with Crippen molar-refractivity contribution >= 4 is 16.8 Å². The van der Waals surface area contributed by atoms with Crippen LogP contribution in [-0.4, -0.2) is 45.8 Å². The molecule has 0 spiro atoms. The molecule has 2 aliphatic rings. The second kappa shape index (κ2) is 6.46. The highest BCUT2D eigenvalue weighted by atomic mass is 19.1. The molecule has 6 nitrogen and oxygen atoms in total. The van der Waals surface area contributed by atoms with Crippen molar-refractivity contribution in [3.05, 3.63) is 39.9 Å². The summed E-state index contributed by atoms with van der Waals surface area (Å²) >= 11 is 0. The molecule has 3 heterocycles. The van der Waals surface area contributed by atoms with Gasteiger partial charge in [0.15, 0.2) is 5.69 Å². The van der Waals surface area contributed by atoms with Crippen LogP contribution in [0.2, 0.25) is 0 Å². The molecular weight excluding hydrogens is 335 g/mol. The van der Waals surface area contributed by atoms with Gasteiger partial charge in [0.05, 0.1) is 10.9 Å². The van der Waals surface area contributed by atoms with Crippen molar-refractivity contribution in [1.29, 1.82) is 0 Å². The summed E-state index contributed by atoms with van der Waals surface area (Å²) in [7, 11) is 2.13. The van der Waals surface area contributed by atoms with Gasteiger partial charge >= 0.3 is 0 Å². The molecule has 2 fully saturated rings. The molecule has 1 aromatic carbocycles. The van der Waals surface area contributed by atoms with Crippen LogP contribution in [0.25, 0.3) is 10.9 Å². The van der Waals surface area contributed by atoms with E-state index >= 15 is 0 Å². The van der Waals surface area contributed by atoms with Crippen LogP contribution in [0.3, 0.4) is 0 Å². The van der Waals surface area contributed by atoms with E-state index in [-0.39, 0.29) is 17.1 Å². The number of piperidine rings is 1. The van der Waals surface area contributed by atoms with E-state index in [4.69, 9.17) is 0 Å². The van der Waals surface area contributed by atoms with Gasteiger partial charge in [-0.15, -0.1) is 0 Å². The maximum absolute atomic E-state index is 14.2. The van der Waals surface area contributed by atoms with Crippen LogP contribution in [0.5, 0.6) is 0 Å². The first-order chi connectivity index (χ1) is 12.5. The molecule has 138 valence electrons. The van der Waals surface area contributed by atoms with Gasteiger partial charge in [0, 0.05) is 24.7 Å². The lowest BCUT2D eigenvalue weighted by molar-refractivity contribution is 0.0874. The Kier molecular flexibility index (Phi) is 4.26. The van der Waals surface area contributed by atoms with Crippen LogP contribution in [0.15, 0.2) is 23.0 Å². The second-order valence-corrected chi connectivity index (χ2v) is 7.32. The molecule has 0 aliphatic carbocycles. The molecule has 1 unspecified atom stereocenters. The zero-order valence-corrected chi connectivity index (χ0v) is 15.0. The maximum atomic E-state index is 14.2. The van der Waals surface area contributed by atoms with Gasteiger partial charge in [-0.3, -0.25) is 14.3 Å². The molecule has 1 aromatic heterocycles. The molecular formula is C19H23FN4O2. The Morgan fingerprint density at radius 2 is 2.00 bits per heavy atom. The lowest BCUT2D eigenvalue weighted by atomic mass is 9.98. The summed E-state index contributed by atoms with van der Waals surface area (Å²) in [6.45, 7) is 2.29. The number of fused-ring (bicyclic) bond motifs is 3. The molecule has 0 saturated carbocycles. The normalized spacial score (nSPS) is 25.6. The number of hydrogen-bond donors (Lipinski definition) is 1. The highest BCUT2D eigenvalue weighted by molar-refractivity contribution is 5.95. The zero-order chi connectivity index (χ0) is 18.4. The number of aromatic nitrogens is 2. The van der Waals surface area contributed by atoms with E-state index in [1.54, 1.807) is 12.1 Å². The number of benzene rings is 1. The lowest BCUT2D eigenvalue weighted by Crippen LogP contribution is -2.49. The summed E-state index contributed by atoms with van der Waals surface area (Å²) in [6.07, 6.45) is 4.05. The zero-order valence-electron chi connectivity index (χ0n) is 15.0. The van der Waals surface area contributed by atoms with Gasteiger partial charge < -0.3 is 10.2 Å². The smallest absolute Gasteiger partial charge is 0.276 e. The van der Waals surface area contributed by atoms with Crippen LogP contribution in [0.4, 0.5) is 4.39 Å². The number of halogens is 1. The van der Waals surface area contributed by atoms with Gasteiger partial charge in [0.2, 0.25) is 5.43 Å². The molecule has 2 aromatic rings. The van der Waals surface area contributed by atoms with Gasteiger partial charge in [-0.25, -0.2) is 4.39 Å². The minimum Gasteiger partial charge on any atom is -0.348 e. The predicted molar refractivity (Wildman–Crippen MR) is 96.7 cm³/mol. The Labute approximate surface area is 151 Å². The minimum atomic E-state index is -0.642. The van der Waals surface area contributed by atoms with E-state index in [0.29, 0.717) is 24.1 Å². The Morgan fingerprint density at radius 1 is 1.31 bits per heavy atom. The SMILES string of the molecule is CCn1nc(C(=O)NC2C[C@H]3CC[C@@H](C2)N3C)c(=O)c2c(F)cccc21. The molecule has 1 amide bonds. The Bertz CT molecular complexity index is 912. The summed E-state index contributed by atoms with van der Waals surface area (Å²) in [5.41, 5.74) is -0.460. The summed E-state index contributed by atoms with van der Waals surface area (Å²) in [4.78, 5) is 27.8. The van der Waals surface area contributed by atoms with E-state index in [0.717, 1.165) is 25.7 Å². The van der Waals surface area contributed by atoms with Gasteiger partial charge in [0.25, 0.3) is 5.91 Å². The van der Waals surface area contributed by atoms with Crippen LogP contribution >= 0.6 is 0 Å². The number of carbonyl (C=O) groups excluding carboxylic acids is 1. The van der Waals surface area contributed by atoms with Gasteiger partial charge in [0.1, 0.15) is 5.82 Å². The quantitative estimate of drug-likeness (QED) is 0.910. The van der Waals surface area contributed by atoms with Crippen LogP contribution in [-0.2, 0) is 6.54 Å². The van der Waals surface area contributed by atoms with Crippen molar-refractivity contribution in [1.82, 2.24) is 20.0 Å². The summed E-state index contributed by atoms with van der Waals surface area (Å²) in [5.74, 6) is -1.13. The third kappa shape index (κ3) is 2.70. The summed E-state index contributed by atoms with van der Waals surface area (Å²) in [5, 5.41) is 7.11. The maximum Gasteiger partial charge on any atom is 0.276 e. The number of nitrogens with one attached hydrogen (secondary N) is 1. The fraction of sp³-hybridized carbons (Fsp3) is 0.526. The standard InChI is InChI=1S/C19H23FN4O2/c1-3-24-15-6-4-5-14(20)16(15)18(25)17(22-24)19(26)21-11-9-12-7-8-13(10-11)23(12)2/h4-6,11-13H,3,7-10H2,1-2H3,(H,21,26)/t11?,12-,13+. The van der Waals surface area contributed by atoms with E-state index in [2.05, 4.69) is 22.4 Å². The van der Waals surface area contributed by atoms with Gasteiger partial charge in [-0.1, -0.05) is 6.07 Å². The van der Waals surface area contributed by atoms with Gasteiger partial charge in [-0.05, 0) is 51.8 Å². The first-order valence-corrected chi connectivity index (χ1v) is 9.21. The highest BCUT2D eigenvalue weighted by Gasteiger charge is 2.39. The van der Waals surface area contributed by atoms with Crippen LogP contribution in [0, 0.1) is 5.82 Å². The van der Waals surface area contributed by atoms with Crippen molar-refractivity contribution in [2.75, 3.05) is 7.05 Å². The molecule has 2 aliphatic heterocycles. The van der Waals surface area contributed by atoms with E-state index < -0.39 is 17.2 Å². The fourth-order valence-corrected chi connectivity index (χ4v) is 4.46. The highest BCUT2D eigenvalue weighted by Crippen LogP contribution is 2.34. The van der Waals surface area contributed by atoms with Crippen molar-refractivity contribution in [2.24, 2.45) is 0 Å². The Balaban J connectivity index is 1.66. The molecule has 4 rings (SSSR count). The van der Waals surface area contributed by atoms with Crippen molar-refractivity contribution < 1.29 is 9.18 Å². The molecule has 3 atom stereocenters. The number of nitrogens with zero attached hydrogens (tertiary/aromatic N) is 3. The third-order valence-corrected chi connectivity index (χ3v) is 5.88. The first-order valence-electron chi connectivity index (χ1n) is 9.21. The predicted octanol–water partition coefficient (Wildman–Crippen LogP) is 1.91. The van der Waals surface area contributed by atoms with Gasteiger partial charge in [-0.2, -0.15) is 5.10 Å². The molecule has 0 radical (unpaired) electrons. The topological polar surface area (TPSA) is 67.2 Å². The van der Waals surface area contributed by atoms with Crippen molar-refractivity contribution in [3.63, 3.8) is 0 Å². The van der Waals surface area contributed by atoms with Crippen LogP contribution in [0.1, 0.15) is 43.1 Å². The number of hydrogen-bond acceptors (Lipinski definition) is 4. The molecule has 2 saturated heterocycles. The van der Waals surface area contributed by atoms with E-state index in [1.165, 1.54) is 10.7 Å². The summed E-state index contributed by atoms with van der Waals surface area (Å²) < 4.78 is 15.7. The third-order valence-electron chi connectivity index (χ3n) is 5.88. The monoisotopic (exact) mass is 358 g/mol. The van der Waals surface area contributed by atoms with Crippen molar-refractivity contribution in [3.8, 4) is 0 Å². The number of amides is 1. The molecule has 26 heavy (non-hydrogen) atoms. The molecule has 1 N–H and O–H groups in total. The fourth-order valence-electron chi connectivity index (χ4n) is 4.46. The van der Waals surface area contributed by atoms with E-state index in [1.807, 2.05) is 6.92 Å². The van der Waals surface area contributed by atoms with Crippen molar-refractivity contribution in [2.45, 2.75) is 57.3 Å². The molecule has 2 bridgehead atoms.